The Balaban J connectivity index is 2.34. The number of anilines is 1. The first-order valence-corrected chi connectivity index (χ1v) is 4.23. The van der Waals surface area contributed by atoms with Gasteiger partial charge in [0.05, 0.1) is 0 Å². The second-order valence-corrected chi connectivity index (χ2v) is 3.01. The summed E-state index contributed by atoms with van der Waals surface area (Å²) in [6.07, 6.45) is 3.33. The molecule has 1 aromatic rings. The van der Waals surface area contributed by atoms with E-state index < -0.39 is 0 Å². The van der Waals surface area contributed by atoms with E-state index in [1.54, 1.807) is 12.3 Å². The summed E-state index contributed by atoms with van der Waals surface area (Å²) < 4.78 is 6.82. The number of hydrogen-bond donors (Lipinski definition) is 1. The molecular weight excluding hydrogens is 170 g/mol. The minimum Gasteiger partial charge on any atom is -0.383 e. The lowest BCUT2D eigenvalue weighted by atomic mass is 10.3. The highest BCUT2D eigenvalue weighted by Gasteiger charge is 2.18. The Morgan fingerprint density at radius 1 is 1.69 bits per heavy atom. The molecule has 5 heteroatoms. The van der Waals surface area contributed by atoms with Crippen molar-refractivity contribution < 1.29 is 4.74 Å². The molecule has 1 aromatic heterocycles. The summed E-state index contributed by atoms with van der Waals surface area (Å²) in [4.78, 5) is 14.9. The van der Waals surface area contributed by atoms with Gasteiger partial charge in [-0.05, 0) is 18.9 Å². The third-order valence-electron chi connectivity index (χ3n) is 2.07. The normalized spacial score (nSPS) is 22.0. The Hall–Kier alpha value is -1.36. The highest BCUT2D eigenvalue weighted by Crippen LogP contribution is 2.20. The van der Waals surface area contributed by atoms with Gasteiger partial charge in [-0.15, -0.1) is 0 Å². The van der Waals surface area contributed by atoms with Gasteiger partial charge in [0.25, 0.3) is 0 Å². The van der Waals surface area contributed by atoms with Crippen LogP contribution in [0.25, 0.3) is 0 Å². The maximum absolute atomic E-state index is 11.3. The second kappa shape index (κ2) is 3.18. The number of aromatic nitrogens is 2. The van der Waals surface area contributed by atoms with Gasteiger partial charge in [0.1, 0.15) is 12.0 Å². The molecule has 5 nitrogen and oxygen atoms in total. The van der Waals surface area contributed by atoms with E-state index in [9.17, 15) is 4.79 Å². The van der Waals surface area contributed by atoms with Crippen LogP contribution in [0.15, 0.2) is 17.1 Å². The van der Waals surface area contributed by atoms with Crippen LogP contribution in [0.1, 0.15) is 19.1 Å². The minimum absolute atomic E-state index is 0.152. The number of ether oxygens (including phenoxy) is 1. The summed E-state index contributed by atoms with van der Waals surface area (Å²) in [5.41, 5.74) is 5.02. The van der Waals surface area contributed by atoms with Gasteiger partial charge >= 0.3 is 5.69 Å². The maximum Gasteiger partial charge on any atom is 0.351 e. The van der Waals surface area contributed by atoms with Gasteiger partial charge in [-0.2, -0.15) is 4.98 Å². The maximum atomic E-state index is 11.3. The number of nitrogens with zero attached hydrogens (tertiary/aromatic N) is 2. The lowest BCUT2D eigenvalue weighted by Crippen LogP contribution is -2.26. The van der Waals surface area contributed by atoms with Crippen molar-refractivity contribution in [2.45, 2.75) is 19.1 Å². The summed E-state index contributed by atoms with van der Waals surface area (Å²) in [5, 5.41) is 0. The lowest BCUT2D eigenvalue weighted by molar-refractivity contribution is 0.0528. The van der Waals surface area contributed by atoms with E-state index in [2.05, 4.69) is 4.98 Å². The number of rotatable bonds is 1. The van der Waals surface area contributed by atoms with Gasteiger partial charge in [-0.3, -0.25) is 4.57 Å². The molecular formula is C8H11N3O2. The summed E-state index contributed by atoms with van der Waals surface area (Å²) in [6, 6.07) is 1.60. The summed E-state index contributed by atoms with van der Waals surface area (Å²) in [5.74, 6) is 0.249. The second-order valence-electron chi connectivity index (χ2n) is 3.01. The molecule has 2 rings (SSSR count). The summed E-state index contributed by atoms with van der Waals surface area (Å²) in [7, 11) is 0. The summed E-state index contributed by atoms with van der Waals surface area (Å²) in [6.45, 7) is 0.710. The van der Waals surface area contributed by atoms with Crippen molar-refractivity contribution in [2.24, 2.45) is 0 Å². The Morgan fingerprint density at radius 3 is 3.15 bits per heavy atom. The zero-order chi connectivity index (χ0) is 9.26. The Morgan fingerprint density at radius 2 is 2.54 bits per heavy atom. The van der Waals surface area contributed by atoms with Crippen molar-refractivity contribution in [1.29, 1.82) is 0 Å². The van der Waals surface area contributed by atoms with Gasteiger partial charge in [0.2, 0.25) is 0 Å². The quantitative estimate of drug-likeness (QED) is 0.668. The van der Waals surface area contributed by atoms with Crippen LogP contribution in [0.4, 0.5) is 5.82 Å². The smallest absolute Gasteiger partial charge is 0.351 e. The van der Waals surface area contributed by atoms with Crippen molar-refractivity contribution in [3.63, 3.8) is 0 Å². The molecule has 1 fully saturated rings. The number of nitrogen functional groups attached to an aromatic ring is 1. The van der Waals surface area contributed by atoms with Crippen LogP contribution >= 0.6 is 0 Å². The van der Waals surface area contributed by atoms with Gasteiger partial charge < -0.3 is 10.5 Å². The van der Waals surface area contributed by atoms with E-state index >= 15 is 0 Å². The molecule has 0 amide bonds. The molecule has 1 aliphatic rings. The molecule has 1 unspecified atom stereocenters. The van der Waals surface area contributed by atoms with E-state index in [0.29, 0.717) is 6.61 Å². The molecule has 0 spiro atoms. The zero-order valence-electron chi connectivity index (χ0n) is 7.14. The SMILES string of the molecule is Nc1ccn(C2CCCO2)c(=O)n1. The predicted octanol–water partition coefficient (Wildman–Crippen LogP) is 0.135. The Kier molecular flexibility index (Phi) is 2.02. The van der Waals surface area contributed by atoms with Gasteiger partial charge in [-0.25, -0.2) is 4.79 Å². The van der Waals surface area contributed by atoms with Crippen LogP contribution in [0.5, 0.6) is 0 Å². The van der Waals surface area contributed by atoms with Crippen LogP contribution in [0.2, 0.25) is 0 Å². The highest BCUT2D eigenvalue weighted by molar-refractivity contribution is 5.23. The van der Waals surface area contributed by atoms with E-state index in [1.165, 1.54) is 4.57 Å². The van der Waals surface area contributed by atoms with Gasteiger partial charge in [0, 0.05) is 12.8 Å². The molecule has 0 aliphatic carbocycles. The van der Waals surface area contributed by atoms with E-state index in [0.717, 1.165) is 12.8 Å². The first kappa shape index (κ1) is 8.25. The molecule has 70 valence electrons. The molecule has 2 N–H and O–H groups in total. The molecule has 1 aliphatic heterocycles. The fourth-order valence-electron chi connectivity index (χ4n) is 1.43. The average Bonchev–Trinajstić information content (AvgIpc) is 2.56. The van der Waals surface area contributed by atoms with Crippen molar-refractivity contribution in [3.05, 3.63) is 22.7 Å². The number of nitrogens with two attached hydrogens (primary N) is 1. The average molecular weight is 181 g/mol. The molecule has 2 heterocycles. The first-order chi connectivity index (χ1) is 6.27. The molecule has 1 atom stereocenters. The molecule has 13 heavy (non-hydrogen) atoms. The standard InChI is InChI=1S/C8H11N3O2/c9-6-3-4-11(8(12)10-6)7-2-1-5-13-7/h3-4,7H,1-2,5H2,(H2,9,10,12). The van der Waals surface area contributed by atoms with E-state index in [-0.39, 0.29) is 17.7 Å². The Bertz CT molecular complexity index is 355. The highest BCUT2D eigenvalue weighted by atomic mass is 16.5. The van der Waals surface area contributed by atoms with Crippen molar-refractivity contribution in [2.75, 3.05) is 12.3 Å². The van der Waals surface area contributed by atoms with Crippen LogP contribution < -0.4 is 11.4 Å². The van der Waals surface area contributed by atoms with E-state index in [4.69, 9.17) is 10.5 Å². The van der Waals surface area contributed by atoms with Crippen molar-refractivity contribution >= 4 is 5.82 Å². The molecule has 0 radical (unpaired) electrons. The zero-order valence-corrected chi connectivity index (χ0v) is 7.14. The minimum atomic E-state index is -0.341. The van der Waals surface area contributed by atoms with E-state index in [1.807, 2.05) is 0 Å². The van der Waals surface area contributed by atoms with Crippen molar-refractivity contribution in [3.8, 4) is 0 Å². The van der Waals surface area contributed by atoms with Crippen LogP contribution in [-0.2, 0) is 4.74 Å². The topological polar surface area (TPSA) is 70.1 Å². The van der Waals surface area contributed by atoms with Gasteiger partial charge in [0.15, 0.2) is 0 Å². The number of hydrogen-bond acceptors (Lipinski definition) is 4. The molecule has 1 saturated heterocycles. The Labute approximate surface area is 75.1 Å². The third kappa shape index (κ3) is 1.55. The fourth-order valence-corrected chi connectivity index (χ4v) is 1.43. The van der Waals surface area contributed by atoms with Crippen LogP contribution in [0, 0.1) is 0 Å². The molecule has 0 aromatic carbocycles. The van der Waals surface area contributed by atoms with Gasteiger partial charge in [-0.1, -0.05) is 0 Å². The van der Waals surface area contributed by atoms with Crippen LogP contribution in [-0.4, -0.2) is 16.2 Å². The largest absolute Gasteiger partial charge is 0.383 e. The third-order valence-corrected chi connectivity index (χ3v) is 2.07. The molecule has 0 saturated carbocycles. The predicted molar refractivity (Wildman–Crippen MR) is 47.1 cm³/mol. The summed E-state index contributed by atoms with van der Waals surface area (Å²) >= 11 is 0. The first-order valence-electron chi connectivity index (χ1n) is 4.23. The monoisotopic (exact) mass is 181 g/mol. The van der Waals surface area contributed by atoms with Crippen molar-refractivity contribution in [1.82, 2.24) is 9.55 Å². The van der Waals surface area contributed by atoms with Crippen LogP contribution in [0.3, 0.4) is 0 Å². The molecule has 0 bridgehead atoms. The lowest BCUT2D eigenvalue weighted by Gasteiger charge is -2.11. The fraction of sp³-hybridized carbons (Fsp3) is 0.500.